The third-order valence-electron chi connectivity index (χ3n) is 8.98. The minimum atomic E-state index is -0.534. The van der Waals surface area contributed by atoms with Crippen LogP contribution in [0.25, 0.3) is 5.57 Å². The van der Waals surface area contributed by atoms with Crippen LogP contribution in [-0.2, 0) is 0 Å². The number of aromatic nitrogens is 1. The lowest BCUT2D eigenvalue weighted by molar-refractivity contribution is -0.0486. The summed E-state index contributed by atoms with van der Waals surface area (Å²) in [6.07, 6.45) is 15.4. The lowest BCUT2D eigenvalue weighted by atomic mass is 9.46. The number of pyridine rings is 1. The fraction of sp³-hybridized carbons (Fsp3) is 0.640. The summed E-state index contributed by atoms with van der Waals surface area (Å²) in [7, 11) is 0. The minimum Gasteiger partial charge on any atom is -0.390 e. The molecule has 0 amide bonds. The zero-order chi connectivity index (χ0) is 19.7. The number of rotatable bonds is 1. The van der Waals surface area contributed by atoms with Crippen molar-refractivity contribution < 1.29 is 9.50 Å². The largest absolute Gasteiger partial charge is 0.390 e. The van der Waals surface area contributed by atoms with Gasteiger partial charge in [0, 0.05) is 6.20 Å². The Hall–Kier alpha value is -1.48. The number of nitrogens with zero attached hydrogens (tertiary/aromatic N) is 1. The number of aliphatic hydroxyl groups is 1. The van der Waals surface area contributed by atoms with E-state index in [0.29, 0.717) is 17.8 Å². The Bertz CT molecular complexity index is 871. The number of hydrogen-bond acceptors (Lipinski definition) is 2. The number of allylic oxidation sites excluding steroid dienone is 3. The maximum absolute atomic E-state index is 13.8. The standard InChI is InChI=1S/C25H32FNO/c1-23(28)10-11-24(2)17(13-23)4-5-19-21-7-6-20(16-12-18(26)15-27-14-16)25(21,3)9-8-22(19)24/h4,6,12,14-15,19,21-22,28H,5,7-11,13H2,1-3H3/t19-,21-,22-,23-,24-,25+/m0/s1. The van der Waals surface area contributed by atoms with Gasteiger partial charge in [0.2, 0.25) is 0 Å². The maximum atomic E-state index is 13.8. The van der Waals surface area contributed by atoms with Crippen LogP contribution in [0, 0.1) is 34.4 Å². The fourth-order valence-electron chi connectivity index (χ4n) is 7.38. The first-order valence-corrected chi connectivity index (χ1v) is 11.0. The van der Waals surface area contributed by atoms with Crippen molar-refractivity contribution in [1.82, 2.24) is 4.98 Å². The molecule has 4 aliphatic carbocycles. The van der Waals surface area contributed by atoms with Gasteiger partial charge < -0.3 is 5.11 Å². The van der Waals surface area contributed by atoms with Crippen LogP contribution in [0.1, 0.15) is 71.3 Å². The molecular formula is C25H32FNO. The Morgan fingerprint density at radius 3 is 2.61 bits per heavy atom. The Morgan fingerprint density at radius 1 is 1.00 bits per heavy atom. The summed E-state index contributed by atoms with van der Waals surface area (Å²) in [5, 5.41) is 10.6. The lowest BCUT2D eigenvalue weighted by Crippen LogP contribution is -2.51. The van der Waals surface area contributed by atoms with E-state index < -0.39 is 5.60 Å². The predicted molar refractivity (Wildman–Crippen MR) is 110 cm³/mol. The molecule has 1 N–H and O–H groups in total. The van der Waals surface area contributed by atoms with E-state index in [1.807, 2.05) is 13.1 Å². The van der Waals surface area contributed by atoms with Gasteiger partial charge in [-0.3, -0.25) is 4.98 Å². The summed E-state index contributed by atoms with van der Waals surface area (Å²) < 4.78 is 13.8. The van der Waals surface area contributed by atoms with E-state index in [1.165, 1.54) is 30.2 Å². The van der Waals surface area contributed by atoms with Crippen molar-refractivity contribution in [1.29, 1.82) is 0 Å². The molecule has 2 saturated carbocycles. The van der Waals surface area contributed by atoms with Gasteiger partial charge in [0.1, 0.15) is 5.82 Å². The van der Waals surface area contributed by atoms with Crippen LogP contribution in [0.5, 0.6) is 0 Å². The quantitative estimate of drug-likeness (QED) is 0.612. The molecule has 5 rings (SSSR count). The molecule has 0 aromatic carbocycles. The Balaban J connectivity index is 1.47. The minimum absolute atomic E-state index is 0.124. The average molecular weight is 382 g/mol. The molecule has 2 nitrogen and oxygen atoms in total. The Kier molecular flexibility index (Phi) is 3.98. The van der Waals surface area contributed by atoms with E-state index in [9.17, 15) is 9.50 Å². The van der Waals surface area contributed by atoms with Gasteiger partial charge in [0.25, 0.3) is 0 Å². The molecule has 0 spiro atoms. The van der Waals surface area contributed by atoms with Crippen LogP contribution in [0.15, 0.2) is 36.2 Å². The van der Waals surface area contributed by atoms with Crippen molar-refractivity contribution in [3.05, 3.63) is 47.6 Å². The number of hydrogen-bond donors (Lipinski definition) is 1. The van der Waals surface area contributed by atoms with Crippen molar-refractivity contribution in [3.63, 3.8) is 0 Å². The SMILES string of the molecule is C[C@]1(O)CC[C@@]2(C)C(=CC[C@@H]3[C@@H]2CC[C@]2(C)C(c4cncc(F)c4)=CC[C@@H]32)C1. The number of fused-ring (bicyclic) bond motifs is 5. The average Bonchev–Trinajstić information content (AvgIpc) is 2.99. The van der Waals surface area contributed by atoms with Crippen LogP contribution >= 0.6 is 0 Å². The summed E-state index contributed by atoms with van der Waals surface area (Å²) >= 11 is 0. The van der Waals surface area contributed by atoms with Gasteiger partial charge in [0.05, 0.1) is 11.8 Å². The van der Waals surface area contributed by atoms with Crippen molar-refractivity contribution in [3.8, 4) is 0 Å². The van der Waals surface area contributed by atoms with Gasteiger partial charge in [-0.2, -0.15) is 0 Å². The molecule has 0 radical (unpaired) electrons. The molecule has 4 aliphatic rings. The highest BCUT2D eigenvalue weighted by Gasteiger charge is 2.57. The van der Waals surface area contributed by atoms with Crippen molar-refractivity contribution in [2.24, 2.45) is 28.6 Å². The van der Waals surface area contributed by atoms with Gasteiger partial charge >= 0.3 is 0 Å². The predicted octanol–water partition coefficient (Wildman–Crippen LogP) is 5.93. The van der Waals surface area contributed by atoms with Crippen LogP contribution in [-0.4, -0.2) is 15.7 Å². The van der Waals surface area contributed by atoms with Crippen molar-refractivity contribution >= 4 is 5.57 Å². The van der Waals surface area contributed by atoms with Crippen LogP contribution in [0.2, 0.25) is 0 Å². The molecule has 1 aromatic heterocycles. The topological polar surface area (TPSA) is 33.1 Å². The normalized spacial score (nSPS) is 44.8. The monoisotopic (exact) mass is 381 g/mol. The third-order valence-corrected chi connectivity index (χ3v) is 8.98. The smallest absolute Gasteiger partial charge is 0.142 e. The molecule has 0 bridgehead atoms. The summed E-state index contributed by atoms with van der Waals surface area (Å²) in [5.41, 5.74) is 3.63. The molecular weight excluding hydrogens is 349 g/mol. The highest BCUT2D eigenvalue weighted by molar-refractivity contribution is 5.72. The van der Waals surface area contributed by atoms with Crippen molar-refractivity contribution in [2.45, 2.75) is 71.3 Å². The highest BCUT2D eigenvalue weighted by atomic mass is 19.1. The van der Waals surface area contributed by atoms with Crippen molar-refractivity contribution in [2.75, 3.05) is 0 Å². The first kappa shape index (κ1) is 18.5. The maximum Gasteiger partial charge on any atom is 0.142 e. The summed E-state index contributed by atoms with van der Waals surface area (Å²) in [6.45, 7) is 6.87. The summed E-state index contributed by atoms with van der Waals surface area (Å²) in [6, 6.07) is 1.65. The molecule has 28 heavy (non-hydrogen) atoms. The first-order chi connectivity index (χ1) is 13.2. The molecule has 2 fully saturated rings. The van der Waals surface area contributed by atoms with Crippen LogP contribution in [0.3, 0.4) is 0 Å². The summed E-state index contributed by atoms with van der Waals surface area (Å²) in [4.78, 5) is 4.11. The van der Waals surface area contributed by atoms with E-state index >= 15 is 0 Å². The molecule has 0 aliphatic heterocycles. The molecule has 1 heterocycles. The second-order valence-corrected chi connectivity index (χ2v) is 10.6. The van der Waals surface area contributed by atoms with E-state index in [0.717, 1.165) is 37.7 Å². The molecule has 1 aromatic rings. The highest BCUT2D eigenvalue weighted by Crippen LogP contribution is 2.66. The number of halogens is 1. The van der Waals surface area contributed by atoms with Crippen LogP contribution in [0.4, 0.5) is 4.39 Å². The fourth-order valence-corrected chi connectivity index (χ4v) is 7.38. The van der Waals surface area contributed by atoms with E-state index in [4.69, 9.17) is 0 Å². The second kappa shape index (κ2) is 6.01. The van der Waals surface area contributed by atoms with Gasteiger partial charge in [-0.05, 0) is 97.7 Å². The molecule has 0 unspecified atom stereocenters. The lowest BCUT2D eigenvalue weighted by Gasteiger charge is -2.58. The zero-order valence-electron chi connectivity index (χ0n) is 17.3. The molecule has 0 saturated heterocycles. The van der Waals surface area contributed by atoms with Gasteiger partial charge in [-0.1, -0.05) is 31.6 Å². The molecule has 6 atom stereocenters. The van der Waals surface area contributed by atoms with E-state index in [2.05, 4.69) is 31.0 Å². The van der Waals surface area contributed by atoms with Gasteiger partial charge in [-0.25, -0.2) is 4.39 Å². The molecule has 150 valence electrons. The molecule has 3 heteroatoms. The van der Waals surface area contributed by atoms with Crippen LogP contribution < -0.4 is 0 Å². The third kappa shape index (κ3) is 2.58. The van der Waals surface area contributed by atoms with E-state index in [1.54, 1.807) is 6.07 Å². The van der Waals surface area contributed by atoms with Gasteiger partial charge in [0.15, 0.2) is 0 Å². The summed E-state index contributed by atoms with van der Waals surface area (Å²) in [5.74, 6) is 1.78. The Labute approximate surface area is 168 Å². The zero-order valence-corrected chi connectivity index (χ0v) is 17.3. The van der Waals surface area contributed by atoms with E-state index in [-0.39, 0.29) is 16.6 Å². The first-order valence-electron chi connectivity index (χ1n) is 11.0. The second-order valence-electron chi connectivity index (χ2n) is 10.6. The van der Waals surface area contributed by atoms with Gasteiger partial charge in [-0.15, -0.1) is 0 Å². The Morgan fingerprint density at radius 2 is 1.82 bits per heavy atom.